The lowest BCUT2D eigenvalue weighted by Gasteiger charge is -2.23. The normalized spacial score (nSPS) is 13.2. The minimum Gasteiger partial charge on any atom is -0.480 e. The predicted octanol–water partition coefficient (Wildman–Crippen LogP) is 1.19. The third-order valence-electron chi connectivity index (χ3n) is 2.77. The van der Waals surface area contributed by atoms with Crippen molar-refractivity contribution < 1.29 is 14.6 Å². The second-order valence-corrected chi connectivity index (χ2v) is 4.63. The SMILES string of the molecule is CCOCCN(CC)CCC(NC(C)C)C(=O)O. The highest BCUT2D eigenvalue weighted by molar-refractivity contribution is 5.73. The fourth-order valence-electron chi connectivity index (χ4n) is 1.76. The first kappa shape index (κ1) is 17.4. The Balaban J connectivity index is 4.01. The fraction of sp³-hybridized carbons (Fsp3) is 0.923. The molecule has 0 radical (unpaired) electrons. The lowest BCUT2D eigenvalue weighted by molar-refractivity contribution is -0.140. The average molecular weight is 260 g/mol. The first-order valence-electron chi connectivity index (χ1n) is 6.80. The number of hydrogen-bond acceptors (Lipinski definition) is 4. The fourth-order valence-corrected chi connectivity index (χ4v) is 1.76. The summed E-state index contributed by atoms with van der Waals surface area (Å²) >= 11 is 0. The molecule has 1 atom stereocenters. The second kappa shape index (κ2) is 10.3. The summed E-state index contributed by atoms with van der Waals surface area (Å²) in [6, 6.07) is -0.282. The first-order valence-corrected chi connectivity index (χ1v) is 6.80. The maximum atomic E-state index is 11.1. The van der Waals surface area contributed by atoms with E-state index >= 15 is 0 Å². The van der Waals surface area contributed by atoms with Crippen LogP contribution in [0.3, 0.4) is 0 Å². The van der Waals surface area contributed by atoms with Crippen molar-refractivity contribution in [2.24, 2.45) is 0 Å². The number of carboxylic acid groups (broad SMARTS) is 1. The van der Waals surface area contributed by atoms with E-state index in [0.29, 0.717) is 13.0 Å². The van der Waals surface area contributed by atoms with Crippen LogP contribution in [0.5, 0.6) is 0 Å². The largest absolute Gasteiger partial charge is 0.480 e. The van der Waals surface area contributed by atoms with Gasteiger partial charge in [-0.25, -0.2) is 0 Å². The molecule has 18 heavy (non-hydrogen) atoms. The molecule has 0 aromatic heterocycles. The van der Waals surface area contributed by atoms with Gasteiger partial charge < -0.3 is 20.1 Å². The summed E-state index contributed by atoms with van der Waals surface area (Å²) in [6.45, 7) is 12.0. The van der Waals surface area contributed by atoms with Crippen LogP contribution in [0.25, 0.3) is 0 Å². The van der Waals surface area contributed by atoms with E-state index in [1.54, 1.807) is 0 Å². The van der Waals surface area contributed by atoms with Crippen LogP contribution >= 0.6 is 0 Å². The Hall–Kier alpha value is -0.650. The van der Waals surface area contributed by atoms with Crippen LogP contribution in [-0.4, -0.2) is 60.9 Å². The highest BCUT2D eigenvalue weighted by atomic mass is 16.5. The van der Waals surface area contributed by atoms with Crippen LogP contribution in [0, 0.1) is 0 Å². The number of nitrogens with zero attached hydrogens (tertiary/aromatic N) is 1. The van der Waals surface area contributed by atoms with Crippen molar-refractivity contribution in [3.8, 4) is 0 Å². The van der Waals surface area contributed by atoms with Crippen molar-refractivity contribution in [3.05, 3.63) is 0 Å². The van der Waals surface area contributed by atoms with Crippen LogP contribution in [0.4, 0.5) is 0 Å². The van der Waals surface area contributed by atoms with E-state index < -0.39 is 12.0 Å². The van der Waals surface area contributed by atoms with Crippen LogP contribution in [-0.2, 0) is 9.53 Å². The molecule has 0 aromatic rings. The van der Waals surface area contributed by atoms with E-state index in [-0.39, 0.29) is 6.04 Å². The van der Waals surface area contributed by atoms with Gasteiger partial charge >= 0.3 is 5.97 Å². The van der Waals surface area contributed by atoms with Crippen molar-refractivity contribution in [1.82, 2.24) is 10.2 Å². The molecule has 5 heteroatoms. The van der Waals surface area contributed by atoms with Crippen LogP contribution < -0.4 is 5.32 Å². The number of aliphatic carboxylic acids is 1. The van der Waals surface area contributed by atoms with E-state index in [1.807, 2.05) is 20.8 Å². The molecule has 2 N–H and O–H groups in total. The molecule has 5 nitrogen and oxygen atoms in total. The van der Waals surface area contributed by atoms with Gasteiger partial charge in [0, 0.05) is 25.7 Å². The van der Waals surface area contributed by atoms with Gasteiger partial charge in [0.1, 0.15) is 6.04 Å². The molecule has 0 aliphatic rings. The molecule has 0 aliphatic carbocycles. The zero-order valence-electron chi connectivity index (χ0n) is 12.1. The first-order chi connectivity index (χ1) is 8.51. The van der Waals surface area contributed by atoms with Gasteiger partial charge in [0.05, 0.1) is 6.61 Å². The Kier molecular flexibility index (Phi) is 9.92. The topological polar surface area (TPSA) is 61.8 Å². The van der Waals surface area contributed by atoms with Gasteiger partial charge in [-0.2, -0.15) is 0 Å². The Morgan fingerprint density at radius 1 is 1.33 bits per heavy atom. The summed E-state index contributed by atoms with van der Waals surface area (Å²) in [5.74, 6) is -0.774. The smallest absolute Gasteiger partial charge is 0.320 e. The third-order valence-corrected chi connectivity index (χ3v) is 2.77. The Bertz CT molecular complexity index is 222. The number of nitrogens with one attached hydrogen (secondary N) is 1. The van der Waals surface area contributed by atoms with Gasteiger partial charge in [0.25, 0.3) is 0 Å². The summed E-state index contributed by atoms with van der Waals surface area (Å²) in [4.78, 5) is 13.3. The average Bonchev–Trinajstić information content (AvgIpc) is 2.31. The lowest BCUT2D eigenvalue weighted by Crippen LogP contribution is -2.43. The van der Waals surface area contributed by atoms with Gasteiger partial charge in [-0.1, -0.05) is 20.8 Å². The number of carbonyl (C=O) groups is 1. The minimum absolute atomic E-state index is 0.185. The minimum atomic E-state index is -0.774. The molecule has 0 saturated heterocycles. The zero-order chi connectivity index (χ0) is 14.0. The van der Waals surface area contributed by atoms with E-state index in [4.69, 9.17) is 9.84 Å². The van der Waals surface area contributed by atoms with Crippen molar-refractivity contribution >= 4 is 5.97 Å². The standard InChI is InChI=1S/C13H28N2O3/c1-5-15(9-10-18-6-2)8-7-12(13(16)17)14-11(3)4/h11-12,14H,5-10H2,1-4H3,(H,16,17). The Morgan fingerprint density at radius 2 is 2.00 bits per heavy atom. The zero-order valence-corrected chi connectivity index (χ0v) is 12.1. The highest BCUT2D eigenvalue weighted by Gasteiger charge is 2.18. The molecule has 0 rings (SSSR count). The summed E-state index contributed by atoms with van der Waals surface area (Å²) in [7, 11) is 0. The van der Waals surface area contributed by atoms with E-state index in [1.165, 1.54) is 0 Å². The monoisotopic (exact) mass is 260 g/mol. The molecule has 0 spiro atoms. The van der Waals surface area contributed by atoms with Crippen LogP contribution in [0.1, 0.15) is 34.1 Å². The van der Waals surface area contributed by atoms with Crippen molar-refractivity contribution in [1.29, 1.82) is 0 Å². The quantitative estimate of drug-likeness (QED) is 0.546. The van der Waals surface area contributed by atoms with Crippen molar-refractivity contribution in [3.63, 3.8) is 0 Å². The highest BCUT2D eigenvalue weighted by Crippen LogP contribution is 1.99. The van der Waals surface area contributed by atoms with Gasteiger partial charge in [0.2, 0.25) is 0 Å². The Labute approximate surface area is 110 Å². The number of rotatable bonds is 11. The Morgan fingerprint density at radius 3 is 2.44 bits per heavy atom. The molecule has 0 saturated carbocycles. The summed E-state index contributed by atoms with van der Waals surface area (Å²) in [5.41, 5.74) is 0. The summed E-state index contributed by atoms with van der Waals surface area (Å²) in [5, 5.41) is 12.2. The molecule has 0 fully saturated rings. The van der Waals surface area contributed by atoms with Gasteiger partial charge in [0.15, 0.2) is 0 Å². The third kappa shape index (κ3) is 8.44. The van der Waals surface area contributed by atoms with E-state index in [0.717, 1.165) is 26.2 Å². The van der Waals surface area contributed by atoms with Crippen molar-refractivity contribution in [2.75, 3.05) is 32.8 Å². The predicted molar refractivity (Wildman–Crippen MR) is 72.9 cm³/mol. The van der Waals surface area contributed by atoms with Crippen molar-refractivity contribution in [2.45, 2.75) is 46.2 Å². The van der Waals surface area contributed by atoms with Gasteiger partial charge in [-0.15, -0.1) is 0 Å². The summed E-state index contributed by atoms with van der Waals surface area (Å²) < 4.78 is 5.31. The molecule has 0 amide bonds. The van der Waals surface area contributed by atoms with E-state index in [9.17, 15) is 4.79 Å². The molecule has 108 valence electrons. The van der Waals surface area contributed by atoms with Gasteiger partial charge in [-0.05, 0) is 19.9 Å². The maximum Gasteiger partial charge on any atom is 0.320 e. The molecular formula is C13H28N2O3. The maximum absolute atomic E-state index is 11.1. The molecule has 0 heterocycles. The molecule has 0 bridgehead atoms. The second-order valence-electron chi connectivity index (χ2n) is 4.63. The molecule has 0 aliphatic heterocycles. The van der Waals surface area contributed by atoms with Crippen LogP contribution in [0.2, 0.25) is 0 Å². The number of ether oxygens (including phenoxy) is 1. The molecule has 0 aromatic carbocycles. The summed E-state index contributed by atoms with van der Waals surface area (Å²) in [6.07, 6.45) is 0.619. The number of hydrogen-bond donors (Lipinski definition) is 2. The number of likely N-dealkylation sites (N-methyl/N-ethyl adjacent to an activating group) is 1. The van der Waals surface area contributed by atoms with Gasteiger partial charge in [-0.3, -0.25) is 4.79 Å². The molecular weight excluding hydrogens is 232 g/mol. The van der Waals surface area contributed by atoms with E-state index in [2.05, 4.69) is 17.1 Å². The van der Waals surface area contributed by atoms with Crippen LogP contribution in [0.15, 0.2) is 0 Å². The lowest BCUT2D eigenvalue weighted by atomic mass is 10.1. The molecule has 1 unspecified atom stereocenters. The number of carboxylic acids is 1.